The highest BCUT2D eigenvalue weighted by Gasteiger charge is 2.31. The van der Waals surface area contributed by atoms with Crippen LogP contribution in [-0.4, -0.2) is 48.2 Å². The molecule has 7 nitrogen and oxygen atoms in total. The third kappa shape index (κ3) is 3.93. The number of hydrogen-bond acceptors (Lipinski definition) is 7. The highest BCUT2D eigenvalue weighted by Crippen LogP contribution is 2.21. The maximum absolute atomic E-state index is 11.6. The molecule has 1 N–H and O–H groups in total. The molecule has 0 amide bonds. The monoisotopic (exact) mass is 367 g/mol. The minimum atomic E-state index is -2.96. The third-order valence-corrected chi connectivity index (χ3v) is 6.16. The van der Waals surface area contributed by atoms with Gasteiger partial charge in [0.05, 0.1) is 17.7 Å². The van der Waals surface area contributed by atoms with Crippen LogP contribution in [-0.2, 0) is 16.4 Å². The average molecular weight is 368 g/mol. The molecule has 24 heavy (non-hydrogen) atoms. The summed E-state index contributed by atoms with van der Waals surface area (Å²) in [5.41, 5.74) is 0.953. The summed E-state index contributed by atoms with van der Waals surface area (Å²) in [6.07, 6.45) is 2.11. The van der Waals surface area contributed by atoms with Crippen molar-refractivity contribution < 1.29 is 8.42 Å². The lowest BCUT2D eigenvalue weighted by Gasteiger charge is -2.22. The summed E-state index contributed by atoms with van der Waals surface area (Å²) in [6.45, 7) is 0.513. The molecule has 1 saturated heterocycles. The van der Waals surface area contributed by atoms with Crippen LogP contribution >= 0.6 is 11.6 Å². The van der Waals surface area contributed by atoms with Crippen molar-refractivity contribution in [2.75, 3.05) is 28.8 Å². The lowest BCUT2D eigenvalue weighted by molar-refractivity contribution is 0.600. The molecule has 1 aromatic carbocycles. The van der Waals surface area contributed by atoms with E-state index in [4.69, 9.17) is 11.6 Å². The van der Waals surface area contributed by atoms with Crippen molar-refractivity contribution in [1.29, 1.82) is 0 Å². The lowest BCUT2D eigenvalue weighted by atomic mass is 10.2. The van der Waals surface area contributed by atoms with E-state index in [0.717, 1.165) is 5.56 Å². The zero-order chi connectivity index (χ0) is 17.2. The molecule has 1 fully saturated rings. The maximum Gasteiger partial charge on any atom is 0.247 e. The van der Waals surface area contributed by atoms with Crippen LogP contribution in [0.4, 0.5) is 11.8 Å². The molecule has 2 aromatic rings. The number of nitrogens with one attached hydrogen (secondary N) is 1. The Labute approximate surface area is 146 Å². The van der Waals surface area contributed by atoms with E-state index >= 15 is 0 Å². The van der Waals surface area contributed by atoms with Gasteiger partial charge in [0.15, 0.2) is 15.7 Å². The van der Waals surface area contributed by atoms with E-state index in [2.05, 4.69) is 20.5 Å². The molecule has 128 valence electrons. The molecule has 0 radical (unpaired) electrons. The molecule has 9 heteroatoms. The van der Waals surface area contributed by atoms with Gasteiger partial charge in [-0.3, -0.25) is 0 Å². The summed E-state index contributed by atoms with van der Waals surface area (Å²) < 4.78 is 23.3. The van der Waals surface area contributed by atoms with Crippen LogP contribution in [0.3, 0.4) is 0 Å². The van der Waals surface area contributed by atoms with Crippen LogP contribution in [0, 0.1) is 0 Å². The summed E-state index contributed by atoms with van der Waals surface area (Å²) in [4.78, 5) is 6.19. The highest BCUT2D eigenvalue weighted by molar-refractivity contribution is 7.91. The molecule has 1 aromatic heterocycles. The summed E-state index contributed by atoms with van der Waals surface area (Å²) in [7, 11) is -1.17. The van der Waals surface area contributed by atoms with E-state index in [-0.39, 0.29) is 17.5 Å². The lowest BCUT2D eigenvalue weighted by Crippen LogP contribution is -2.34. The standard InChI is InChI=1S/C15H18ClN5O2S/c1-21(12-6-7-24(22,23)10-12)15-19-14(9-18-20-15)17-8-11-4-2-3-5-13(11)16/h2-5,9,12H,6-8,10H2,1H3,(H,17,19,20). The normalized spacial score (nSPS) is 19.2. The number of anilines is 2. The fraction of sp³-hybridized carbons (Fsp3) is 0.400. The van der Waals surface area contributed by atoms with Crippen LogP contribution < -0.4 is 10.2 Å². The largest absolute Gasteiger partial charge is 0.364 e. The quantitative estimate of drug-likeness (QED) is 0.861. The third-order valence-electron chi connectivity index (χ3n) is 4.04. The van der Waals surface area contributed by atoms with Crippen LogP contribution in [0.25, 0.3) is 0 Å². The van der Waals surface area contributed by atoms with Gasteiger partial charge in [0.25, 0.3) is 0 Å². The second-order valence-electron chi connectivity index (χ2n) is 5.75. The number of hydrogen-bond donors (Lipinski definition) is 1. The Kier molecular flexibility index (Phi) is 4.86. The van der Waals surface area contributed by atoms with Crippen molar-refractivity contribution >= 4 is 33.2 Å². The highest BCUT2D eigenvalue weighted by atomic mass is 35.5. The molecule has 1 unspecified atom stereocenters. The number of nitrogens with zero attached hydrogens (tertiary/aromatic N) is 4. The molecular weight excluding hydrogens is 350 g/mol. The first-order valence-electron chi connectivity index (χ1n) is 7.55. The molecule has 2 heterocycles. The van der Waals surface area contributed by atoms with Gasteiger partial charge >= 0.3 is 0 Å². The average Bonchev–Trinajstić information content (AvgIpc) is 2.94. The Morgan fingerprint density at radius 2 is 2.17 bits per heavy atom. The summed E-state index contributed by atoms with van der Waals surface area (Å²) >= 11 is 6.13. The first-order valence-corrected chi connectivity index (χ1v) is 9.75. The second-order valence-corrected chi connectivity index (χ2v) is 8.39. The Hall–Kier alpha value is -1.93. The first kappa shape index (κ1) is 16.9. The predicted octanol–water partition coefficient (Wildman–Crippen LogP) is 1.76. The number of aromatic nitrogens is 3. The van der Waals surface area contributed by atoms with Gasteiger partial charge in [-0.05, 0) is 18.1 Å². The molecule has 3 rings (SSSR count). The van der Waals surface area contributed by atoms with Crippen molar-refractivity contribution in [3.8, 4) is 0 Å². The van der Waals surface area contributed by atoms with Gasteiger partial charge in [0.1, 0.15) is 0 Å². The van der Waals surface area contributed by atoms with E-state index < -0.39 is 9.84 Å². The van der Waals surface area contributed by atoms with Crippen LogP contribution in [0.2, 0.25) is 5.02 Å². The summed E-state index contributed by atoms with van der Waals surface area (Å²) in [6, 6.07) is 7.44. The molecular formula is C15H18ClN5O2S. The van der Waals surface area contributed by atoms with Crippen LogP contribution in [0.1, 0.15) is 12.0 Å². The molecule has 1 aliphatic rings. The fourth-order valence-corrected chi connectivity index (χ4v) is 4.58. The zero-order valence-electron chi connectivity index (χ0n) is 13.2. The van der Waals surface area contributed by atoms with E-state index in [1.54, 1.807) is 11.9 Å². The molecule has 0 bridgehead atoms. The van der Waals surface area contributed by atoms with Crippen molar-refractivity contribution in [3.05, 3.63) is 41.0 Å². The first-order chi connectivity index (χ1) is 11.4. The van der Waals surface area contributed by atoms with Gasteiger partial charge in [-0.2, -0.15) is 10.1 Å². The van der Waals surface area contributed by atoms with Gasteiger partial charge in [-0.1, -0.05) is 29.8 Å². The van der Waals surface area contributed by atoms with Crippen molar-refractivity contribution in [3.63, 3.8) is 0 Å². The SMILES string of the molecule is CN(c1nncc(NCc2ccccc2Cl)n1)C1CCS(=O)(=O)C1. The van der Waals surface area contributed by atoms with Crippen molar-refractivity contribution in [2.24, 2.45) is 0 Å². The number of halogens is 1. The van der Waals surface area contributed by atoms with E-state index in [1.165, 1.54) is 6.20 Å². The molecule has 0 aliphatic carbocycles. The fourth-order valence-electron chi connectivity index (χ4n) is 2.60. The van der Waals surface area contributed by atoms with Gasteiger partial charge in [0, 0.05) is 24.7 Å². The summed E-state index contributed by atoms with van der Waals surface area (Å²) in [5, 5.41) is 11.8. The number of rotatable bonds is 5. The Balaban J connectivity index is 1.69. The van der Waals surface area contributed by atoms with Crippen molar-refractivity contribution in [2.45, 2.75) is 19.0 Å². The molecule has 1 aliphatic heterocycles. The topological polar surface area (TPSA) is 88.1 Å². The minimum absolute atomic E-state index is 0.115. The maximum atomic E-state index is 11.6. The molecule has 1 atom stereocenters. The molecule has 0 spiro atoms. The predicted molar refractivity (Wildman–Crippen MR) is 94.1 cm³/mol. The van der Waals surface area contributed by atoms with E-state index in [9.17, 15) is 8.42 Å². The van der Waals surface area contributed by atoms with Crippen LogP contribution in [0.15, 0.2) is 30.5 Å². The molecule has 0 saturated carbocycles. The van der Waals surface area contributed by atoms with Gasteiger partial charge < -0.3 is 10.2 Å². The summed E-state index contributed by atoms with van der Waals surface area (Å²) in [5.74, 6) is 1.30. The minimum Gasteiger partial charge on any atom is -0.364 e. The van der Waals surface area contributed by atoms with Gasteiger partial charge in [-0.15, -0.1) is 5.10 Å². The smallest absolute Gasteiger partial charge is 0.247 e. The van der Waals surface area contributed by atoms with Gasteiger partial charge in [-0.25, -0.2) is 8.42 Å². The number of benzene rings is 1. The Bertz CT molecular complexity index is 830. The number of sulfone groups is 1. The van der Waals surface area contributed by atoms with Crippen LogP contribution in [0.5, 0.6) is 0 Å². The Morgan fingerprint density at radius 1 is 1.38 bits per heavy atom. The van der Waals surface area contributed by atoms with Crippen molar-refractivity contribution in [1.82, 2.24) is 15.2 Å². The van der Waals surface area contributed by atoms with E-state index in [0.29, 0.717) is 29.8 Å². The Morgan fingerprint density at radius 3 is 2.88 bits per heavy atom. The van der Waals surface area contributed by atoms with E-state index in [1.807, 2.05) is 24.3 Å². The second kappa shape index (κ2) is 6.90. The zero-order valence-corrected chi connectivity index (χ0v) is 14.8. The van der Waals surface area contributed by atoms with Gasteiger partial charge in [0.2, 0.25) is 5.95 Å².